The van der Waals surface area contributed by atoms with E-state index in [0.717, 1.165) is 6.07 Å². The van der Waals surface area contributed by atoms with Gasteiger partial charge >= 0.3 is 0 Å². The van der Waals surface area contributed by atoms with Gasteiger partial charge in [-0.25, -0.2) is 4.39 Å². The first-order valence-electron chi connectivity index (χ1n) is 6.00. The van der Waals surface area contributed by atoms with Crippen LogP contribution in [0.5, 0.6) is 5.75 Å². The molecule has 0 fully saturated rings. The molecule has 0 spiro atoms. The molecule has 5 nitrogen and oxygen atoms in total. The van der Waals surface area contributed by atoms with Gasteiger partial charge < -0.3 is 9.64 Å². The summed E-state index contributed by atoms with van der Waals surface area (Å²) in [5, 5.41) is 17.2. The molecule has 20 heavy (non-hydrogen) atoms. The number of nitriles is 2. The van der Waals surface area contributed by atoms with Crippen LogP contribution < -0.4 is 4.74 Å². The molecule has 0 saturated heterocycles. The zero-order valence-corrected chi connectivity index (χ0v) is 11.1. The lowest BCUT2D eigenvalue weighted by atomic mass is 10.1. The highest BCUT2D eigenvalue weighted by atomic mass is 19.1. The first kappa shape index (κ1) is 15.5. The number of hydrogen-bond donors (Lipinski definition) is 0. The van der Waals surface area contributed by atoms with Crippen LogP contribution >= 0.6 is 0 Å². The molecule has 0 bridgehead atoms. The number of nitrogens with zero attached hydrogens (tertiary/aromatic N) is 3. The van der Waals surface area contributed by atoms with Gasteiger partial charge in [-0.3, -0.25) is 4.79 Å². The van der Waals surface area contributed by atoms with Gasteiger partial charge in [0.05, 0.1) is 32.1 Å². The van der Waals surface area contributed by atoms with E-state index in [-0.39, 0.29) is 37.2 Å². The van der Waals surface area contributed by atoms with Crippen LogP contribution in [-0.4, -0.2) is 31.0 Å². The number of halogens is 1. The minimum atomic E-state index is -0.626. The molecule has 6 heteroatoms. The number of hydrogen-bond acceptors (Lipinski definition) is 4. The fourth-order valence-corrected chi connectivity index (χ4v) is 1.67. The second kappa shape index (κ2) is 7.75. The number of rotatable bonds is 6. The smallest absolute Gasteiger partial charge is 0.254 e. The summed E-state index contributed by atoms with van der Waals surface area (Å²) in [7, 11) is 1.34. The Kier molecular flexibility index (Phi) is 5.99. The molecule has 0 aliphatic rings. The third-order valence-electron chi connectivity index (χ3n) is 2.67. The number of ether oxygens (including phenoxy) is 1. The molecule has 0 unspecified atom stereocenters. The summed E-state index contributed by atoms with van der Waals surface area (Å²) in [6.45, 7) is 0.426. The van der Waals surface area contributed by atoms with Crippen molar-refractivity contribution in [2.75, 3.05) is 20.2 Å². The Morgan fingerprint density at radius 2 is 1.90 bits per heavy atom. The molecule has 1 rings (SSSR count). The van der Waals surface area contributed by atoms with Gasteiger partial charge in [0.2, 0.25) is 0 Å². The molecule has 0 atom stereocenters. The molecule has 1 amide bonds. The Labute approximate surface area is 116 Å². The number of benzene rings is 1. The number of carbonyl (C=O) groups excluding carboxylic acids is 1. The maximum atomic E-state index is 13.6. The summed E-state index contributed by atoms with van der Waals surface area (Å²) in [5.41, 5.74) is 0.166. The van der Waals surface area contributed by atoms with Crippen molar-refractivity contribution in [2.45, 2.75) is 12.8 Å². The average Bonchev–Trinajstić information content (AvgIpc) is 2.46. The van der Waals surface area contributed by atoms with Gasteiger partial charge in [-0.05, 0) is 18.2 Å². The molecule has 0 aliphatic carbocycles. The second-order valence-electron chi connectivity index (χ2n) is 3.96. The maximum Gasteiger partial charge on any atom is 0.254 e. The van der Waals surface area contributed by atoms with E-state index >= 15 is 0 Å². The minimum absolute atomic E-state index is 0.0575. The Balaban J connectivity index is 2.91. The molecule has 0 aromatic heterocycles. The quantitative estimate of drug-likeness (QED) is 0.796. The summed E-state index contributed by atoms with van der Waals surface area (Å²) < 4.78 is 18.4. The van der Waals surface area contributed by atoms with Crippen LogP contribution in [0.1, 0.15) is 23.2 Å². The van der Waals surface area contributed by atoms with Crippen LogP contribution in [0.3, 0.4) is 0 Å². The van der Waals surface area contributed by atoms with Crippen molar-refractivity contribution in [1.29, 1.82) is 10.5 Å². The first-order chi connectivity index (χ1) is 9.63. The van der Waals surface area contributed by atoms with Gasteiger partial charge in [-0.15, -0.1) is 0 Å². The number of amides is 1. The largest absolute Gasteiger partial charge is 0.494 e. The van der Waals surface area contributed by atoms with Crippen LogP contribution in [0.4, 0.5) is 4.39 Å². The number of carbonyl (C=O) groups is 1. The van der Waals surface area contributed by atoms with E-state index in [9.17, 15) is 9.18 Å². The van der Waals surface area contributed by atoms with Crippen LogP contribution in [0.2, 0.25) is 0 Å². The standard InChI is InChI=1S/C14H14FN3O2/c1-20-13-5-4-11(10-12(13)15)14(19)18(8-2-6-16)9-3-7-17/h4-5,10H,2-3,8-9H2,1H3. The van der Waals surface area contributed by atoms with Crippen LogP contribution in [0.15, 0.2) is 18.2 Å². The van der Waals surface area contributed by atoms with Gasteiger partial charge in [-0.2, -0.15) is 10.5 Å². The summed E-state index contributed by atoms with van der Waals surface area (Å²) in [6.07, 6.45) is 0.325. The third-order valence-corrected chi connectivity index (χ3v) is 2.67. The highest BCUT2D eigenvalue weighted by Gasteiger charge is 2.17. The molecule has 104 valence electrons. The van der Waals surface area contributed by atoms with E-state index in [2.05, 4.69) is 0 Å². The van der Waals surface area contributed by atoms with Crippen LogP contribution in [-0.2, 0) is 0 Å². The van der Waals surface area contributed by atoms with Gasteiger partial charge in [0.1, 0.15) is 0 Å². The van der Waals surface area contributed by atoms with Crippen molar-refractivity contribution >= 4 is 5.91 Å². The fourth-order valence-electron chi connectivity index (χ4n) is 1.67. The van der Waals surface area contributed by atoms with E-state index in [1.54, 1.807) is 0 Å². The van der Waals surface area contributed by atoms with Crippen molar-refractivity contribution in [3.05, 3.63) is 29.6 Å². The van der Waals surface area contributed by atoms with E-state index in [1.165, 1.54) is 24.1 Å². The molecular weight excluding hydrogens is 261 g/mol. The van der Waals surface area contributed by atoms with Gasteiger partial charge in [-0.1, -0.05) is 0 Å². The topological polar surface area (TPSA) is 77.1 Å². The lowest BCUT2D eigenvalue weighted by molar-refractivity contribution is 0.0762. The molecular formula is C14H14FN3O2. The molecule has 1 aromatic carbocycles. The van der Waals surface area contributed by atoms with E-state index in [0.29, 0.717) is 0 Å². The maximum absolute atomic E-state index is 13.6. The summed E-state index contributed by atoms with van der Waals surface area (Å²) >= 11 is 0. The monoisotopic (exact) mass is 275 g/mol. The summed E-state index contributed by atoms with van der Waals surface area (Å²) in [4.78, 5) is 13.6. The Bertz CT molecular complexity index is 543. The molecule has 0 radical (unpaired) electrons. The lowest BCUT2D eigenvalue weighted by Gasteiger charge is -2.20. The highest BCUT2D eigenvalue weighted by molar-refractivity contribution is 5.94. The third kappa shape index (κ3) is 3.96. The van der Waals surface area contributed by atoms with Crippen molar-refractivity contribution in [3.8, 4) is 17.9 Å². The molecule has 0 aliphatic heterocycles. The Morgan fingerprint density at radius 3 is 2.35 bits per heavy atom. The SMILES string of the molecule is COc1ccc(C(=O)N(CCC#N)CCC#N)cc1F. The highest BCUT2D eigenvalue weighted by Crippen LogP contribution is 2.18. The zero-order chi connectivity index (χ0) is 15.0. The van der Waals surface area contributed by atoms with Crippen LogP contribution in [0.25, 0.3) is 0 Å². The first-order valence-corrected chi connectivity index (χ1v) is 6.00. The second-order valence-corrected chi connectivity index (χ2v) is 3.96. The summed E-state index contributed by atoms with van der Waals surface area (Å²) in [6, 6.07) is 7.79. The lowest BCUT2D eigenvalue weighted by Crippen LogP contribution is -2.32. The normalized spacial score (nSPS) is 9.40. The van der Waals surface area contributed by atoms with Crippen molar-refractivity contribution in [2.24, 2.45) is 0 Å². The van der Waals surface area contributed by atoms with Gasteiger partial charge in [0.15, 0.2) is 11.6 Å². The fraction of sp³-hybridized carbons (Fsp3) is 0.357. The molecule has 0 saturated carbocycles. The van der Waals surface area contributed by atoms with Gasteiger partial charge in [0, 0.05) is 18.7 Å². The van der Waals surface area contributed by atoms with Crippen LogP contribution in [0, 0.1) is 28.5 Å². The molecule has 0 N–H and O–H groups in total. The minimum Gasteiger partial charge on any atom is -0.494 e. The zero-order valence-electron chi connectivity index (χ0n) is 11.1. The van der Waals surface area contributed by atoms with Crippen molar-refractivity contribution < 1.29 is 13.9 Å². The van der Waals surface area contributed by atoms with E-state index < -0.39 is 11.7 Å². The average molecular weight is 275 g/mol. The number of methoxy groups -OCH3 is 1. The summed E-state index contributed by atoms with van der Waals surface area (Å²) in [5.74, 6) is -0.974. The van der Waals surface area contributed by atoms with E-state index in [4.69, 9.17) is 15.3 Å². The van der Waals surface area contributed by atoms with Gasteiger partial charge in [0.25, 0.3) is 5.91 Å². The Hall–Kier alpha value is -2.60. The Morgan fingerprint density at radius 1 is 1.30 bits per heavy atom. The predicted molar refractivity (Wildman–Crippen MR) is 69.3 cm³/mol. The molecule has 0 heterocycles. The van der Waals surface area contributed by atoms with Crippen molar-refractivity contribution in [3.63, 3.8) is 0 Å². The van der Waals surface area contributed by atoms with E-state index in [1.807, 2.05) is 12.1 Å². The molecule has 1 aromatic rings. The predicted octanol–water partition coefficient (Wildman–Crippen LogP) is 2.10. The van der Waals surface area contributed by atoms with Crippen molar-refractivity contribution in [1.82, 2.24) is 4.90 Å².